The first kappa shape index (κ1) is 15.2. The number of hydrogen-bond donors (Lipinski definition) is 2. The Balaban J connectivity index is 2.14. The van der Waals surface area contributed by atoms with Gasteiger partial charge >= 0.3 is 5.97 Å². The number of carboxylic acid groups (broad SMARTS) is 1. The molecule has 1 aromatic rings. The number of ether oxygens (including phenoxy) is 2. The van der Waals surface area contributed by atoms with E-state index in [1.54, 1.807) is 25.1 Å². The topological polar surface area (TPSA) is 84.9 Å². The molecule has 1 atom stereocenters. The number of carboxylic acids is 1. The van der Waals surface area contributed by atoms with Crippen LogP contribution in [-0.4, -0.2) is 35.7 Å². The molecule has 0 aromatic heterocycles. The van der Waals surface area contributed by atoms with Crippen molar-refractivity contribution in [2.45, 2.75) is 32.2 Å². The van der Waals surface area contributed by atoms with Crippen LogP contribution in [0.15, 0.2) is 18.2 Å². The van der Waals surface area contributed by atoms with E-state index in [4.69, 9.17) is 14.6 Å². The van der Waals surface area contributed by atoms with Gasteiger partial charge in [0.25, 0.3) is 5.91 Å². The van der Waals surface area contributed by atoms with Crippen LogP contribution < -0.4 is 14.8 Å². The van der Waals surface area contributed by atoms with Gasteiger partial charge in [0.05, 0.1) is 6.42 Å². The Kier molecular flexibility index (Phi) is 4.35. The van der Waals surface area contributed by atoms with Gasteiger partial charge in [-0.15, -0.1) is 0 Å². The van der Waals surface area contributed by atoms with Gasteiger partial charge in [0.1, 0.15) is 13.2 Å². The van der Waals surface area contributed by atoms with Gasteiger partial charge in [-0.1, -0.05) is 6.92 Å². The maximum atomic E-state index is 12.3. The third-order valence-corrected chi connectivity index (χ3v) is 3.54. The van der Waals surface area contributed by atoms with Crippen LogP contribution in [0.5, 0.6) is 11.5 Å². The molecule has 1 aromatic carbocycles. The van der Waals surface area contributed by atoms with Gasteiger partial charge in [0, 0.05) is 11.1 Å². The fourth-order valence-electron chi connectivity index (χ4n) is 2.12. The Labute approximate surface area is 123 Å². The summed E-state index contributed by atoms with van der Waals surface area (Å²) >= 11 is 0. The molecular weight excluding hydrogens is 274 g/mol. The number of hydrogen-bond acceptors (Lipinski definition) is 4. The monoisotopic (exact) mass is 293 g/mol. The van der Waals surface area contributed by atoms with Gasteiger partial charge in [-0.25, -0.2) is 0 Å². The van der Waals surface area contributed by atoms with Crippen LogP contribution >= 0.6 is 0 Å². The molecule has 0 saturated heterocycles. The molecule has 6 heteroatoms. The maximum absolute atomic E-state index is 12.3. The smallest absolute Gasteiger partial charge is 0.305 e. The van der Waals surface area contributed by atoms with E-state index >= 15 is 0 Å². The average molecular weight is 293 g/mol. The molecule has 0 aliphatic carbocycles. The molecule has 0 unspecified atom stereocenters. The minimum absolute atomic E-state index is 0.125. The van der Waals surface area contributed by atoms with Crippen molar-refractivity contribution in [1.82, 2.24) is 5.32 Å². The zero-order valence-electron chi connectivity index (χ0n) is 12.1. The first-order valence-electron chi connectivity index (χ1n) is 6.87. The molecular formula is C15H19NO5. The molecule has 2 N–H and O–H groups in total. The lowest BCUT2D eigenvalue weighted by Crippen LogP contribution is -2.47. The molecule has 1 heterocycles. The molecule has 21 heavy (non-hydrogen) atoms. The summed E-state index contributed by atoms with van der Waals surface area (Å²) < 4.78 is 10.8. The van der Waals surface area contributed by atoms with Crippen LogP contribution in [0.4, 0.5) is 0 Å². The Morgan fingerprint density at radius 1 is 1.29 bits per heavy atom. The minimum atomic E-state index is -0.943. The maximum Gasteiger partial charge on any atom is 0.305 e. The predicted octanol–water partition coefficient (Wildman–Crippen LogP) is 1.83. The summed E-state index contributed by atoms with van der Waals surface area (Å²) in [7, 11) is 0. The summed E-state index contributed by atoms with van der Waals surface area (Å²) in [5.41, 5.74) is -0.361. The Morgan fingerprint density at radius 3 is 2.57 bits per heavy atom. The molecule has 0 spiro atoms. The van der Waals surface area contributed by atoms with Crippen LogP contribution in [0.2, 0.25) is 0 Å². The molecule has 0 bridgehead atoms. The van der Waals surface area contributed by atoms with Crippen molar-refractivity contribution in [2.24, 2.45) is 0 Å². The number of fused-ring (bicyclic) bond motifs is 1. The Morgan fingerprint density at radius 2 is 1.95 bits per heavy atom. The fourth-order valence-corrected chi connectivity index (χ4v) is 2.12. The van der Waals surface area contributed by atoms with Gasteiger partial charge in [0.2, 0.25) is 0 Å². The van der Waals surface area contributed by atoms with E-state index in [1.807, 2.05) is 6.92 Å². The summed E-state index contributed by atoms with van der Waals surface area (Å²) in [4.78, 5) is 23.2. The summed E-state index contributed by atoms with van der Waals surface area (Å²) in [5, 5.41) is 11.7. The van der Waals surface area contributed by atoms with Crippen molar-refractivity contribution in [2.75, 3.05) is 13.2 Å². The molecule has 2 rings (SSSR count). The van der Waals surface area contributed by atoms with Crippen molar-refractivity contribution < 1.29 is 24.2 Å². The number of benzene rings is 1. The summed E-state index contributed by atoms with van der Waals surface area (Å²) in [6, 6.07) is 4.93. The molecule has 114 valence electrons. The first-order valence-corrected chi connectivity index (χ1v) is 6.87. The van der Waals surface area contributed by atoms with Crippen molar-refractivity contribution in [3.05, 3.63) is 23.8 Å². The van der Waals surface area contributed by atoms with Crippen molar-refractivity contribution in [1.29, 1.82) is 0 Å². The largest absolute Gasteiger partial charge is 0.486 e. The normalized spacial score (nSPS) is 15.9. The molecule has 1 aliphatic rings. The lowest BCUT2D eigenvalue weighted by Gasteiger charge is -2.28. The molecule has 0 fully saturated rings. The third kappa shape index (κ3) is 3.65. The second-order valence-electron chi connectivity index (χ2n) is 5.30. The van der Waals surface area contributed by atoms with Crippen LogP contribution in [0, 0.1) is 0 Å². The lowest BCUT2D eigenvalue weighted by atomic mass is 9.94. The van der Waals surface area contributed by atoms with Gasteiger partial charge < -0.3 is 19.9 Å². The minimum Gasteiger partial charge on any atom is -0.486 e. The van der Waals surface area contributed by atoms with E-state index in [-0.39, 0.29) is 12.3 Å². The summed E-state index contributed by atoms with van der Waals surface area (Å²) in [5.74, 6) is -0.119. The van der Waals surface area contributed by atoms with Crippen molar-refractivity contribution >= 4 is 11.9 Å². The highest BCUT2D eigenvalue weighted by molar-refractivity contribution is 5.95. The average Bonchev–Trinajstić information content (AvgIpc) is 2.45. The summed E-state index contributed by atoms with van der Waals surface area (Å²) in [6.07, 6.45) is 0.398. The Hall–Kier alpha value is -2.24. The van der Waals surface area contributed by atoms with Gasteiger partial charge in [-0.05, 0) is 31.5 Å². The predicted molar refractivity (Wildman–Crippen MR) is 75.8 cm³/mol. The van der Waals surface area contributed by atoms with Crippen molar-refractivity contribution in [3.63, 3.8) is 0 Å². The van der Waals surface area contributed by atoms with Gasteiger partial charge in [0.15, 0.2) is 11.5 Å². The van der Waals surface area contributed by atoms with Crippen molar-refractivity contribution in [3.8, 4) is 11.5 Å². The standard InChI is InChI=1S/C15H19NO5/c1-3-15(2,9-13(17)18)16-14(19)10-4-5-11-12(8-10)21-7-6-20-11/h4-5,8H,3,6-7,9H2,1-2H3,(H,16,19)(H,17,18)/t15-/m1/s1. The zero-order chi connectivity index (χ0) is 15.5. The quantitative estimate of drug-likeness (QED) is 0.865. The molecule has 6 nitrogen and oxygen atoms in total. The fraction of sp³-hybridized carbons (Fsp3) is 0.467. The third-order valence-electron chi connectivity index (χ3n) is 3.54. The Bertz CT molecular complexity index is 557. The highest BCUT2D eigenvalue weighted by atomic mass is 16.6. The van der Waals surface area contributed by atoms with Gasteiger partial charge in [-0.2, -0.15) is 0 Å². The second kappa shape index (κ2) is 6.03. The number of carbonyl (C=O) groups is 2. The van der Waals surface area contributed by atoms with Crippen LogP contribution in [-0.2, 0) is 4.79 Å². The molecule has 1 aliphatic heterocycles. The van der Waals surface area contributed by atoms with E-state index in [0.717, 1.165) is 0 Å². The number of aliphatic carboxylic acids is 1. The van der Waals surface area contributed by atoms with E-state index in [9.17, 15) is 9.59 Å². The van der Waals surface area contributed by atoms with E-state index in [0.29, 0.717) is 36.7 Å². The second-order valence-corrected chi connectivity index (χ2v) is 5.30. The number of amides is 1. The van der Waals surface area contributed by atoms with E-state index in [2.05, 4.69) is 5.32 Å². The van der Waals surface area contributed by atoms with Crippen LogP contribution in [0.3, 0.4) is 0 Å². The highest BCUT2D eigenvalue weighted by Gasteiger charge is 2.28. The van der Waals surface area contributed by atoms with E-state index < -0.39 is 11.5 Å². The van der Waals surface area contributed by atoms with Crippen LogP contribution in [0.1, 0.15) is 37.0 Å². The molecule has 0 saturated carbocycles. The van der Waals surface area contributed by atoms with E-state index in [1.165, 1.54) is 0 Å². The van der Waals surface area contributed by atoms with Gasteiger partial charge in [-0.3, -0.25) is 9.59 Å². The molecule has 0 radical (unpaired) electrons. The number of carbonyl (C=O) groups excluding carboxylic acids is 1. The highest BCUT2D eigenvalue weighted by Crippen LogP contribution is 2.31. The SMILES string of the molecule is CC[C@](C)(CC(=O)O)NC(=O)c1ccc2c(c1)OCCO2. The van der Waals surface area contributed by atoms with Crippen LogP contribution in [0.25, 0.3) is 0 Å². The zero-order valence-corrected chi connectivity index (χ0v) is 12.1. The number of rotatable bonds is 5. The lowest BCUT2D eigenvalue weighted by molar-refractivity contribution is -0.138. The molecule has 1 amide bonds. The first-order chi connectivity index (χ1) is 9.93. The summed E-state index contributed by atoms with van der Waals surface area (Å²) in [6.45, 7) is 4.50. The number of nitrogens with one attached hydrogen (secondary N) is 1.